The molecule has 1 unspecified atom stereocenters. The molecule has 0 spiro atoms. The molecule has 3 aliphatic rings. The van der Waals surface area contributed by atoms with Gasteiger partial charge in [0.25, 0.3) is 0 Å². The van der Waals surface area contributed by atoms with Crippen molar-refractivity contribution in [2.24, 2.45) is 0 Å². The molecule has 1 atom stereocenters. The lowest BCUT2D eigenvalue weighted by atomic mass is 9.95. The molecular weight excluding hydrogens is 340 g/mol. The first-order valence-electron chi connectivity index (χ1n) is 10.7. The number of likely N-dealkylation sites (tertiary alicyclic amines) is 1. The summed E-state index contributed by atoms with van der Waals surface area (Å²) in [7, 11) is 0. The van der Waals surface area contributed by atoms with Gasteiger partial charge in [0, 0.05) is 32.2 Å². The predicted molar refractivity (Wildman–Crippen MR) is 104 cm³/mol. The number of hydrogen-bond donors (Lipinski definition) is 0. The van der Waals surface area contributed by atoms with E-state index in [9.17, 15) is 0 Å². The molecule has 5 heterocycles. The molecule has 2 aromatic rings. The second-order valence-corrected chi connectivity index (χ2v) is 8.28. The lowest BCUT2D eigenvalue weighted by molar-refractivity contribution is -0.00965. The fraction of sp³-hybridized carbons (Fsp3) is 0.750. The summed E-state index contributed by atoms with van der Waals surface area (Å²) >= 11 is 0. The van der Waals surface area contributed by atoms with Crippen molar-refractivity contribution in [1.29, 1.82) is 0 Å². The maximum Gasteiger partial charge on any atom is 0.178 e. The Morgan fingerprint density at radius 2 is 1.78 bits per heavy atom. The summed E-state index contributed by atoms with van der Waals surface area (Å²) in [6.45, 7) is 6.48. The Labute approximate surface area is 160 Å². The summed E-state index contributed by atoms with van der Waals surface area (Å²) in [5.74, 6) is 2.55. The van der Waals surface area contributed by atoms with Crippen molar-refractivity contribution in [2.75, 3.05) is 44.2 Å². The summed E-state index contributed by atoms with van der Waals surface area (Å²) in [5.41, 5.74) is 0.867. The van der Waals surface area contributed by atoms with E-state index in [4.69, 9.17) is 9.84 Å². The van der Waals surface area contributed by atoms with Crippen LogP contribution in [0.3, 0.4) is 0 Å². The van der Waals surface area contributed by atoms with E-state index in [-0.39, 0.29) is 0 Å². The van der Waals surface area contributed by atoms with Gasteiger partial charge in [0.05, 0.1) is 6.10 Å². The highest BCUT2D eigenvalue weighted by Gasteiger charge is 2.27. The zero-order valence-corrected chi connectivity index (χ0v) is 16.1. The molecule has 3 saturated heterocycles. The number of rotatable bonds is 4. The number of fused-ring (bicyclic) bond motifs is 1. The highest BCUT2D eigenvalue weighted by Crippen LogP contribution is 2.28. The van der Waals surface area contributed by atoms with Crippen LogP contribution in [-0.2, 0) is 4.74 Å². The summed E-state index contributed by atoms with van der Waals surface area (Å²) in [6.07, 6.45) is 8.98. The van der Waals surface area contributed by atoms with Crippen molar-refractivity contribution in [1.82, 2.24) is 24.7 Å². The first-order valence-corrected chi connectivity index (χ1v) is 10.7. The molecule has 0 bridgehead atoms. The number of ether oxygens (including phenoxy) is 1. The molecule has 0 N–H and O–H groups in total. The van der Waals surface area contributed by atoms with Crippen molar-refractivity contribution < 1.29 is 4.74 Å². The van der Waals surface area contributed by atoms with E-state index in [1.165, 1.54) is 32.1 Å². The fourth-order valence-electron chi connectivity index (χ4n) is 4.78. The van der Waals surface area contributed by atoms with E-state index < -0.39 is 0 Å². The molecule has 27 heavy (non-hydrogen) atoms. The Morgan fingerprint density at radius 3 is 2.56 bits per heavy atom. The lowest BCUT2D eigenvalue weighted by Gasteiger charge is -2.34. The van der Waals surface area contributed by atoms with E-state index in [0.717, 1.165) is 69.5 Å². The third kappa shape index (κ3) is 3.67. The first-order chi connectivity index (χ1) is 13.4. The molecule has 7 nitrogen and oxygen atoms in total. The minimum absolute atomic E-state index is 0.439. The Hall–Kier alpha value is -1.73. The van der Waals surface area contributed by atoms with Crippen LogP contribution in [0, 0.1) is 0 Å². The molecule has 3 aliphatic heterocycles. The van der Waals surface area contributed by atoms with E-state index in [1.807, 2.05) is 4.52 Å². The van der Waals surface area contributed by atoms with E-state index >= 15 is 0 Å². The van der Waals surface area contributed by atoms with Crippen LogP contribution in [0.15, 0.2) is 12.1 Å². The highest BCUT2D eigenvalue weighted by molar-refractivity contribution is 5.46. The number of hydrogen-bond acceptors (Lipinski definition) is 6. The van der Waals surface area contributed by atoms with E-state index in [0.29, 0.717) is 12.0 Å². The van der Waals surface area contributed by atoms with Gasteiger partial charge < -0.3 is 14.5 Å². The normalized spacial score (nSPS) is 25.5. The molecule has 0 radical (unpaired) electrons. The molecule has 5 rings (SSSR count). The molecule has 0 aliphatic carbocycles. The number of piperidine rings is 1. The SMILES string of the molecule is c1cc2nnc(C3CCN(CC4CCCCO4)CC3)n2nc1N1CCCC1. The average Bonchev–Trinajstić information content (AvgIpc) is 3.39. The van der Waals surface area contributed by atoms with Gasteiger partial charge in [-0.2, -0.15) is 4.52 Å². The Bertz CT molecular complexity index is 757. The van der Waals surface area contributed by atoms with Crippen molar-refractivity contribution in [3.05, 3.63) is 18.0 Å². The molecule has 7 heteroatoms. The maximum absolute atomic E-state index is 5.92. The summed E-state index contributed by atoms with van der Waals surface area (Å²) < 4.78 is 7.91. The number of aromatic nitrogens is 4. The van der Waals surface area contributed by atoms with Crippen LogP contribution >= 0.6 is 0 Å². The average molecular weight is 371 g/mol. The van der Waals surface area contributed by atoms with Gasteiger partial charge in [-0.3, -0.25) is 0 Å². The van der Waals surface area contributed by atoms with E-state index in [2.05, 4.69) is 32.1 Å². The van der Waals surface area contributed by atoms with Crippen LogP contribution in [0.5, 0.6) is 0 Å². The monoisotopic (exact) mass is 370 g/mol. The maximum atomic E-state index is 5.92. The molecule has 0 aromatic carbocycles. The zero-order valence-electron chi connectivity index (χ0n) is 16.1. The van der Waals surface area contributed by atoms with Gasteiger partial charge in [0.15, 0.2) is 11.5 Å². The summed E-state index contributed by atoms with van der Waals surface area (Å²) in [6, 6.07) is 4.15. The molecule has 2 aromatic heterocycles. The fourth-order valence-corrected chi connectivity index (χ4v) is 4.78. The van der Waals surface area contributed by atoms with Gasteiger partial charge in [0.1, 0.15) is 5.82 Å². The molecule has 0 amide bonds. The van der Waals surface area contributed by atoms with Crippen LogP contribution in [0.4, 0.5) is 5.82 Å². The van der Waals surface area contributed by atoms with Gasteiger partial charge >= 0.3 is 0 Å². The predicted octanol–water partition coefficient (Wildman–Crippen LogP) is 2.47. The quantitative estimate of drug-likeness (QED) is 0.824. The standard InChI is InChI=1S/C20H30N6O/c1-4-14-27-17(5-1)15-24-12-8-16(9-13-24)20-22-21-18-6-7-19(23-26(18)20)25-10-2-3-11-25/h6-7,16-17H,1-5,8-15H2. The first kappa shape index (κ1) is 17.4. The lowest BCUT2D eigenvalue weighted by Crippen LogP contribution is -2.40. The number of anilines is 1. The van der Waals surface area contributed by atoms with Gasteiger partial charge in [-0.15, -0.1) is 15.3 Å². The topological polar surface area (TPSA) is 58.8 Å². The van der Waals surface area contributed by atoms with Crippen LogP contribution in [-0.4, -0.2) is 70.1 Å². The molecule has 146 valence electrons. The molecule has 0 saturated carbocycles. The second kappa shape index (κ2) is 7.72. The minimum atomic E-state index is 0.439. The van der Waals surface area contributed by atoms with Gasteiger partial charge in [-0.25, -0.2) is 0 Å². The van der Waals surface area contributed by atoms with Crippen LogP contribution in [0.2, 0.25) is 0 Å². The van der Waals surface area contributed by atoms with E-state index in [1.54, 1.807) is 0 Å². The number of nitrogens with zero attached hydrogens (tertiary/aromatic N) is 6. The third-order valence-corrected chi connectivity index (χ3v) is 6.39. The molecular formula is C20H30N6O. The Kier molecular flexibility index (Phi) is 4.97. The van der Waals surface area contributed by atoms with Crippen molar-refractivity contribution in [3.63, 3.8) is 0 Å². The van der Waals surface area contributed by atoms with Crippen LogP contribution in [0.25, 0.3) is 5.65 Å². The second-order valence-electron chi connectivity index (χ2n) is 8.28. The minimum Gasteiger partial charge on any atom is -0.377 e. The Balaban J connectivity index is 1.26. The van der Waals surface area contributed by atoms with Gasteiger partial charge in [-0.05, 0) is 70.2 Å². The largest absolute Gasteiger partial charge is 0.377 e. The van der Waals surface area contributed by atoms with Crippen molar-refractivity contribution in [3.8, 4) is 0 Å². The van der Waals surface area contributed by atoms with Gasteiger partial charge in [-0.1, -0.05) is 0 Å². The molecule has 3 fully saturated rings. The van der Waals surface area contributed by atoms with Gasteiger partial charge in [0.2, 0.25) is 0 Å². The zero-order chi connectivity index (χ0) is 18.1. The van der Waals surface area contributed by atoms with Crippen LogP contribution in [0.1, 0.15) is 56.7 Å². The Morgan fingerprint density at radius 1 is 0.926 bits per heavy atom. The summed E-state index contributed by atoms with van der Waals surface area (Å²) in [4.78, 5) is 4.94. The van der Waals surface area contributed by atoms with Crippen molar-refractivity contribution in [2.45, 2.75) is 57.0 Å². The highest BCUT2D eigenvalue weighted by atomic mass is 16.5. The third-order valence-electron chi connectivity index (χ3n) is 6.39. The summed E-state index contributed by atoms with van der Waals surface area (Å²) in [5, 5.41) is 13.8. The van der Waals surface area contributed by atoms with Crippen molar-refractivity contribution >= 4 is 11.5 Å². The smallest absolute Gasteiger partial charge is 0.178 e. The van der Waals surface area contributed by atoms with Crippen LogP contribution < -0.4 is 4.90 Å².